The van der Waals surface area contributed by atoms with Gasteiger partial charge in [-0.15, -0.1) is 0 Å². The van der Waals surface area contributed by atoms with Gasteiger partial charge in [0.15, 0.2) is 0 Å². The predicted octanol–water partition coefficient (Wildman–Crippen LogP) is 6.46. The predicted molar refractivity (Wildman–Crippen MR) is 113 cm³/mol. The summed E-state index contributed by atoms with van der Waals surface area (Å²) in [4.78, 5) is 4.75. The molecular weight excluding hydrogens is 384 g/mol. The molecule has 162 valence electrons. The highest BCUT2D eigenvalue weighted by Crippen LogP contribution is 2.50. The molecule has 2 aliphatic rings. The molecule has 1 aliphatic heterocycles. The zero-order valence-corrected chi connectivity index (χ0v) is 17.5. The summed E-state index contributed by atoms with van der Waals surface area (Å²) >= 11 is 0. The number of halogens is 2. The molecule has 5 heteroatoms. The molecule has 0 bridgehead atoms. The third kappa shape index (κ3) is 4.83. The molecule has 1 atom stereocenters. The molecule has 0 radical (unpaired) electrons. The molecule has 30 heavy (non-hydrogen) atoms. The number of rotatable bonds is 8. The van der Waals surface area contributed by atoms with Gasteiger partial charge in [0.25, 0.3) is 0 Å². The molecule has 0 N–H and O–H groups in total. The van der Waals surface area contributed by atoms with Crippen LogP contribution in [0.3, 0.4) is 0 Å². The maximum absolute atomic E-state index is 12.7. The van der Waals surface area contributed by atoms with E-state index in [4.69, 9.17) is 9.72 Å². The van der Waals surface area contributed by atoms with E-state index in [0.29, 0.717) is 5.75 Å². The van der Waals surface area contributed by atoms with Crippen molar-refractivity contribution in [2.24, 2.45) is 0 Å². The molecule has 1 spiro atoms. The van der Waals surface area contributed by atoms with Gasteiger partial charge in [-0.3, -0.25) is 4.98 Å². The molecular formula is C25H31F2NO2. The number of benzene rings is 1. The normalized spacial score (nSPS) is 23.2. The summed E-state index contributed by atoms with van der Waals surface area (Å²) in [7, 11) is 0. The largest absolute Gasteiger partial charge is 0.435 e. The quantitative estimate of drug-likeness (QED) is 0.464. The monoisotopic (exact) mass is 415 g/mol. The van der Waals surface area contributed by atoms with E-state index < -0.39 is 6.61 Å². The summed E-state index contributed by atoms with van der Waals surface area (Å²) in [5, 5.41) is 0. The van der Waals surface area contributed by atoms with Crippen LogP contribution in [-0.4, -0.2) is 23.8 Å². The molecule has 4 rings (SSSR count). The van der Waals surface area contributed by atoms with E-state index in [0.717, 1.165) is 63.5 Å². The minimum absolute atomic E-state index is 0.0213. The van der Waals surface area contributed by atoms with Crippen molar-refractivity contribution >= 4 is 0 Å². The second-order valence-corrected chi connectivity index (χ2v) is 8.85. The van der Waals surface area contributed by atoms with Crippen LogP contribution in [0, 0.1) is 0 Å². The molecule has 2 fully saturated rings. The Labute approximate surface area is 177 Å². The average molecular weight is 416 g/mol. The van der Waals surface area contributed by atoms with Crippen LogP contribution in [0.15, 0.2) is 48.7 Å². The second-order valence-electron chi connectivity index (χ2n) is 8.85. The van der Waals surface area contributed by atoms with Crippen LogP contribution in [0.5, 0.6) is 5.75 Å². The zero-order chi connectivity index (χ0) is 20.9. The summed E-state index contributed by atoms with van der Waals surface area (Å²) in [5.74, 6) is 0.294. The van der Waals surface area contributed by atoms with Gasteiger partial charge in [0.2, 0.25) is 0 Å². The van der Waals surface area contributed by atoms with Gasteiger partial charge in [-0.25, -0.2) is 0 Å². The van der Waals surface area contributed by atoms with Crippen molar-refractivity contribution in [2.45, 2.75) is 81.8 Å². The van der Waals surface area contributed by atoms with Crippen molar-refractivity contribution in [1.82, 2.24) is 4.98 Å². The molecule has 1 saturated heterocycles. The molecule has 1 aromatic heterocycles. The number of ether oxygens (including phenoxy) is 2. The highest BCUT2D eigenvalue weighted by atomic mass is 19.3. The van der Waals surface area contributed by atoms with Crippen LogP contribution in [0.4, 0.5) is 8.78 Å². The van der Waals surface area contributed by atoms with Crippen molar-refractivity contribution < 1.29 is 18.3 Å². The molecule has 1 aliphatic carbocycles. The van der Waals surface area contributed by atoms with Crippen LogP contribution in [-0.2, 0) is 16.6 Å². The lowest BCUT2D eigenvalue weighted by Gasteiger charge is -2.46. The Morgan fingerprint density at radius 3 is 2.57 bits per heavy atom. The molecule has 0 amide bonds. The van der Waals surface area contributed by atoms with E-state index in [1.165, 1.54) is 18.5 Å². The first kappa shape index (κ1) is 21.2. The van der Waals surface area contributed by atoms with E-state index in [1.807, 2.05) is 24.4 Å². The summed E-state index contributed by atoms with van der Waals surface area (Å²) in [6, 6.07) is 13.3. The zero-order valence-electron chi connectivity index (χ0n) is 17.5. The average Bonchev–Trinajstić information content (AvgIpc) is 3.20. The minimum atomic E-state index is -2.79. The molecule has 1 aromatic carbocycles. The number of hydrogen-bond acceptors (Lipinski definition) is 3. The van der Waals surface area contributed by atoms with Crippen LogP contribution >= 0.6 is 0 Å². The summed E-state index contributed by atoms with van der Waals surface area (Å²) in [6.07, 6.45) is 12.5. The first-order valence-electron chi connectivity index (χ1n) is 11.2. The number of hydrogen-bond donors (Lipinski definition) is 0. The lowest BCUT2D eigenvalue weighted by atomic mass is 9.67. The Balaban J connectivity index is 1.44. The molecule has 1 saturated carbocycles. The van der Waals surface area contributed by atoms with Gasteiger partial charge in [-0.05, 0) is 68.7 Å². The van der Waals surface area contributed by atoms with Gasteiger partial charge in [0.1, 0.15) is 5.75 Å². The maximum Gasteiger partial charge on any atom is 0.387 e. The van der Waals surface area contributed by atoms with Crippen molar-refractivity contribution in [1.29, 1.82) is 0 Å². The topological polar surface area (TPSA) is 31.4 Å². The van der Waals surface area contributed by atoms with E-state index in [1.54, 1.807) is 12.1 Å². The van der Waals surface area contributed by atoms with E-state index in [9.17, 15) is 8.78 Å². The SMILES string of the molecule is FC(F)Oc1ccccc1CCCCC1(c2ccccn2)CCOC2(CCCC2)C1. The van der Waals surface area contributed by atoms with Crippen molar-refractivity contribution in [3.8, 4) is 5.75 Å². The fraction of sp³-hybridized carbons (Fsp3) is 0.560. The summed E-state index contributed by atoms with van der Waals surface area (Å²) < 4.78 is 36.3. The van der Waals surface area contributed by atoms with E-state index >= 15 is 0 Å². The summed E-state index contributed by atoms with van der Waals surface area (Å²) in [6.45, 7) is -2.00. The second kappa shape index (κ2) is 9.42. The van der Waals surface area contributed by atoms with Gasteiger partial charge in [0.05, 0.1) is 5.60 Å². The van der Waals surface area contributed by atoms with Crippen LogP contribution in [0.2, 0.25) is 0 Å². The number of para-hydroxylation sites is 1. The first-order valence-corrected chi connectivity index (χ1v) is 11.2. The lowest BCUT2D eigenvalue weighted by molar-refractivity contribution is -0.104. The van der Waals surface area contributed by atoms with Gasteiger partial charge in [-0.1, -0.05) is 43.5 Å². The van der Waals surface area contributed by atoms with Crippen LogP contribution in [0.25, 0.3) is 0 Å². The van der Waals surface area contributed by atoms with Crippen molar-refractivity contribution in [3.63, 3.8) is 0 Å². The van der Waals surface area contributed by atoms with Crippen molar-refractivity contribution in [3.05, 3.63) is 59.9 Å². The van der Waals surface area contributed by atoms with Gasteiger partial charge < -0.3 is 9.47 Å². The number of aryl methyl sites for hydroxylation is 1. The fourth-order valence-electron chi connectivity index (χ4n) is 5.50. The first-order chi connectivity index (χ1) is 14.6. The Bertz CT molecular complexity index is 808. The summed E-state index contributed by atoms with van der Waals surface area (Å²) in [5.41, 5.74) is 2.10. The van der Waals surface area contributed by atoms with Gasteiger partial charge in [-0.2, -0.15) is 8.78 Å². The van der Waals surface area contributed by atoms with Gasteiger partial charge >= 0.3 is 6.61 Å². The van der Waals surface area contributed by atoms with Gasteiger partial charge in [0, 0.05) is 23.9 Å². The highest BCUT2D eigenvalue weighted by molar-refractivity contribution is 5.33. The number of alkyl halides is 2. The molecule has 2 heterocycles. The number of pyridine rings is 1. The van der Waals surface area contributed by atoms with E-state index in [-0.39, 0.29) is 11.0 Å². The number of aromatic nitrogens is 1. The van der Waals surface area contributed by atoms with Crippen LogP contribution < -0.4 is 4.74 Å². The number of nitrogens with zero attached hydrogens (tertiary/aromatic N) is 1. The minimum Gasteiger partial charge on any atom is -0.435 e. The lowest BCUT2D eigenvalue weighted by Crippen LogP contribution is -2.46. The van der Waals surface area contributed by atoms with Crippen molar-refractivity contribution in [2.75, 3.05) is 6.61 Å². The van der Waals surface area contributed by atoms with E-state index in [2.05, 4.69) is 16.9 Å². The maximum atomic E-state index is 12.7. The Morgan fingerprint density at radius 2 is 1.80 bits per heavy atom. The highest BCUT2D eigenvalue weighted by Gasteiger charge is 2.48. The number of unbranched alkanes of at least 4 members (excludes halogenated alkanes) is 1. The molecule has 1 unspecified atom stereocenters. The standard InChI is InChI=1S/C25H31F2NO2/c26-23(27)30-21-11-2-1-9-20(21)10-3-5-13-24(22-12-4-8-17-28-22)16-18-29-25(19-24)14-6-7-15-25/h1-2,4,8-9,11-12,17,23H,3,5-7,10,13-16,18-19H2. The Kier molecular flexibility index (Phi) is 6.67. The fourth-order valence-corrected chi connectivity index (χ4v) is 5.50. The molecule has 3 nitrogen and oxygen atoms in total. The third-order valence-electron chi connectivity index (χ3n) is 6.91. The third-order valence-corrected chi connectivity index (χ3v) is 6.91. The van der Waals surface area contributed by atoms with Crippen LogP contribution in [0.1, 0.15) is 69.0 Å². The molecule has 2 aromatic rings. The Morgan fingerprint density at radius 1 is 1.00 bits per heavy atom. The Hall–Kier alpha value is -2.01. The smallest absolute Gasteiger partial charge is 0.387 e.